The maximum absolute atomic E-state index is 13.8. The number of pyridine rings is 1. The van der Waals surface area contributed by atoms with Crippen LogP contribution in [0.25, 0.3) is 17.3 Å². The molecular formula is C32H31Cl2N5O4. The Morgan fingerprint density at radius 2 is 1.88 bits per heavy atom. The fourth-order valence-corrected chi connectivity index (χ4v) is 5.51. The minimum absolute atomic E-state index is 0.0471. The van der Waals surface area contributed by atoms with Gasteiger partial charge in [0.1, 0.15) is 5.75 Å². The fraction of sp³-hybridized carbons (Fsp3) is 0.250. The first kappa shape index (κ1) is 30.3. The van der Waals surface area contributed by atoms with E-state index in [1.54, 1.807) is 43.1 Å². The van der Waals surface area contributed by atoms with E-state index < -0.39 is 0 Å². The fourth-order valence-electron chi connectivity index (χ4n) is 5.02. The van der Waals surface area contributed by atoms with E-state index in [0.29, 0.717) is 40.1 Å². The summed E-state index contributed by atoms with van der Waals surface area (Å²) in [4.78, 5) is 32.7. The van der Waals surface area contributed by atoms with Crippen molar-refractivity contribution in [3.05, 3.63) is 105 Å². The number of amides is 1. The van der Waals surface area contributed by atoms with Crippen LogP contribution < -0.4 is 10.1 Å². The SMILES string of the molecule is CCOC(=O)CN1CC(=Cc2ccc(OC)cc2)c2c(c(C(=O)NC(C)c3ccccn3)nn2-c2ccc(Cl)cc2Cl)C1. The summed E-state index contributed by atoms with van der Waals surface area (Å²) >= 11 is 12.9. The molecule has 0 bridgehead atoms. The standard InChI is InChI=1S/C32H31Cl2N5O4/c1-4-43-29(40)19-38-17-22(15-21-8-11-24(42-3)12-9-21)31-25(18-38)30(32(41)36-20(2)27-7-5-6-14-35-27)37-39(31)28-13-10-23(33)16-26(28)34/h5-16,20H,4,17-19H2,1-3H3,(H,36,41). The number of hydrogen-bond donors (Lipinski definition) is 1. The molecule has 2 aromatic carbocycles. The molecule has 0 spiro atoms. The molecule has 0 fully saturated rings. The zero-order chi connectivity index (χ0) is 30.5. The van der Waals surface area contributed by atoms with Crippen molar-refractivity contribution in [1.29, 1.82) is 0 Å². The number of aromatic nitrogens is 3. The number of nitrogens with zero attached hydrogens (tertiary/aromatic N) is 4. The summed E-state index contributed by atoms with van der Waals surface area (Å²) in [7, 11) is 1.61. The molecular weight excluding hydrogens is 589 g/mol. The Kier molecular flexibility index (Phi) is 9.45. The van der Waals surface area contributed by atoms with E-state index >= 15 is 0 Å². The molecule has 3 heterocycles. The van der Waals surface area contributed by atoms with Crippen LogP contribution in [0.15, 0.2) is 66.9 Å². The Hall–Kier alpha value is -4.18. The van der Waals surface area contributed by atoms with Crippen molar-refractivity contribution < 1.29 is 19.1 Å². The van der Waals surface area contributed by atoms with Crippen molar-refractivity contribution in [3.8, 4) is 11.4 Å². The van der Waals surface area contributed by atoms with Crippen LogP contribution in [0.3, 0.4) is 0 Å². The second-order valence-corrected chi connectivity index (χ2v) is 10.9. The first-order valence-corrected chi connectivity index (χ1v) is 14.5. The largest absolute Gasteiger partial charge is 0.497 e. The van der Waals surface area contributed by atoms with Crippen molar-refractivity contribution >= 4 is 46.7 Å². The molecule has 1 aliphatic heterocycles. The Labute approximate surface area is 260 Å². The highest BCUT2D eigenvalue weighted by atomic mass is 35.5. The first-order valence-electron chi connectivity index (χ1n) is 13.8. The molecule has 0 saturated carbocycles. The van der Waals surface area contributed by atoms with Crippen molar-refractivity contribution in [1.82, 2.24) is 25.0 Å². The zero-order valence-electron chi connectivity index (χ0n) is 24.0. The van der Waals surface area contributed by atoms with Crippen LogP contribution in [0.2, 0.25) is 10.0 Å². The number of ether oxygens (including phenoxy) is 2. The summed E-state index contributed by atoms with van der Waals surface area (Å²) in [5.74, 6) is 0.00655. The first-order chi connectivity index (χ1) is 20.8. The third kappa shape index (κ3) is 6.91. The number of carbonyl (C=O) groups is 2. The summed E-state index contributed by atoms with van der Waals surface area (Å²) in [6.45, 7) is 4.65. The molecule has 0 saturated heterocycles. The Morgan fingerprint density at radius 1 is 1.09 bits per heavy atom. The number of hydrogen-bond acceptors (Lipinski definition) is 7. The molecule has 1 unspecified atom stereocenters. The van der Waals surface area contributed by atoms with Crippen LogP contribution in [0.1, 0.15) is 52.9 Å². The van der Waals surface area contributed by atoms with Gasteiger partial charge < -0.3 is 14.8 Å². The smallest absolute Gasteiger partial charge is 0.320 e. The van der Waals surface area contributed by atoms with Crippen molar-refractivity contribution in [3.63, 3.8) is 0 Å². The van der Waals surface area contributed by atoms with Gasteiger partial charge in [0.25, 0.3) is 5.91 Å². The molecule has 4 aromatic rings. The molecule has 9 nitrogen and oxygen atoms in total. The summed E-state index contributed by atoms with van der Waals surface area (Å²) < 4.78 is 12.3. The van der Waals surface area contributed by atoms with Gasteiger partial charge in [0.15, 0.2) is 5.69 Å². The maximum Gasteiger partial charge on any atom is 0.320 e. The molecule has 1 N–H and O–H groups in total. The molecule has 0 aliphatic carbocycles. The van der Waals surface area contributed by atoms with E-state index in [4.69, 9.17) is 37.8 Å². The Morgan fingerprint density at radius 3 is 2.56 bits per heavy atom. The Balaban J connectivity index is 1.65. The van der Waals surface area contributed by atoms with Crippen molar-refractivity contribution in [2.24, 2.45) is 0 Å². The summed E-state index contributed by atoms with van der Waals surface area (Å²) in [6, 6.07) is 17.9. The number of fused-ring (bicyclic) bond motifs is 1. The Bertz CT molecular complexity index is 1650. The highest BCUT2D eigenvalue weighted by molar-refractivity contribution is 6.35. The van der Waals surface area contributed by atoms with E-state index in [-0.39, 0.29) is 36.8 Å². The van der Waals surface area contributed by atoms with Gasteiger partial charge in [0.05, 0.1) is 48.4 Å². The van der Waals surface area contributed by atoms with E-state index in [1.807, 2.05) is 60.4 Å². The number of carbonyl (C=O) groups excluding carboxylic acids is 2. The third-order valence-corrected chi connectivity index (χ3v) is 7.55. The lowest BCUT2D eigenvalue weighted by atomic mass is 9.97. The summed E-state index contributed by atoms with van der Waals surface area (Å²) in [5, 5.41) is 8.71. The van der Waals surface area contributed by atoms with E-state index in [9.17, 15) is 9.59 Å². The lowest BCUT2D eigenvalue weighted by Gasteiger charge is -2.29. The second-order valence-electron chi connectivity index (χ2n) is 10.0. The molecule has 11 heteroatoms. The molecule has 222 valence electrons. The van der Waals surface area contributed by atoms with Gasteiger partial charge in [0, 0.05) is 29.9 Å². The lowest BCUT2D eigenvalue weighted by Crippen LogP contribution is -2.36. The van der Waals surface area contributed by atoms with Gasteiger partial charge in [-0.25, -0.2) is 4.68 Å². The van der Waals surface area contributed by atoms with Gasteiger partial charge in [-0.1, -0.05) is 41.4 Å². The van der Waals surface area contributed by atoms with E-state index in [1.165, 1.54) is 0 Å². The van der Waals surface area contributed by atoms with Gasteiger partial charge in [-0.05, 0) is 73.5 Å². The number of halogens is 2. The molecule has 2 aromatic heterocycles. The number of methoxy groups -OCH3 is 1. The maximum atomic E-state index is 13.8. The zero-order valence-corrected chi connectivity index (χ0v) is 25.5. The van der Waals surface area contributed by atoms with Crippen LogP contribution in [-0.2, 0) is 16.1 Å². The number of benzene rings is 2. The number of nitrogens with one attached hydrogen (secondary N) is 1. The molecule has 1 atom stereocenters. The second kappa shape index (κ2) is 13.4. The predicted octanol–water partition coefficient (Wildman–Crippen LogP) is 5.99. The topological polar surface area (TPSA) is 98.6 Å². The molecule has 0 radical (unpaired) electrons. The van der Waals surface area contributed by atoms with Crippen molar-refractivity contribution in [2.75, 3.05) is 26.8 Å². The van der Waals surface area contributed by atoms with Gasteiger partial charge in [-0.3, -0.25) is 19.5 Å². The molecule has 43 heavy (non-hydrogen) atoms. The highest BCUT2D eigenvalue weighted by Crippen LogP contribution is 2.36. The average Bonchev–Trinajstić information content (AvgIpc) is 3.37. The molecule has 1 aliphatic rings. The van der Waals surface area contributed by atoms with Crippen LogP contribution >= 0.6 is 23.2 Å². The number of esters is 1. The summed E-state index contributed by atoms with van der Waals surface area (Å²) in [5.41, 5.74) is 4.63. The van der Waals surface area contributed by atoms with Crippen LogP contribution in [0.5, 0.6) is 5.75 Å². The number of rotatable bonds is 9. The lowest BCUT2D eigenvalue weighted by molar-refractivity contribution is -0.144. The highest BCUT2D eigenvalue weighted by Gasteiger charge is 2.33. The van der Waals surface area contributed by atoms with Crippen LogP contribution in [-0.4, -0.2) is 58.3 Å². The van der Waals surface area contributed by atoms with Crippen LogP contribution in [0, 0.1) is 0 Å². The van der Waals surface area contributed by atoms with E-state index in [2.05, 4.69) is 10.3 Å². The van der Waals surface area contributed by atoms with Gasteiger partial charge >= 0.3 is 5.97 Å². The van der Waals surface area contributed by atoms with Gasteiger partial charge in [-0.15, -0.1) is 0 Å². The summed E-state index contributed by atoms with van der Waals surface area (Å²) in [6.07, 6.45) is 3.69. The van der Waals surface area contributed by atoms with Crippen LogP contribution in [0.4, 0.5) is 0 Å². The normalized spacial score (nSPS) is 14.7. The van der Waals surface area contributed by atoms with E-state index in [0.717, 1.165) is 22.6 Å². The van der Waals surface area contributed by atoms with Gasteiger partial charge in [0.2, 0.25) is 0 Å². The monoisotopic (exact) mass is 619 g/mol. The predicted molar refractivity (Wildman–Crippen MR) is 166 cm³/mol. The minimum atomic E-state index is -0.375. The minimum Gasteiger partial charge on any atom is -0.497 e. The average molecular weight is 621 g/mol. The third-order valence-electron chi connectivity index (χ3n) is 7.01. The molecule has 1 amide bonds. The van der Waals surface area contributed by atoms with Gasteiger partial charge in [-0.2, -0.15) is 5.10 Å². The molecule has 5 rings (SSSR count). The van der Waals surface area contributed by atoms with Crippen molar-refractivity contribution in [2.45, 2.75) is 26.4 Å². The quantitative estimate of drug-likeness (QED) is 0.230.